The minimum Gasteiger partial charge on any atom is -0.475 e. The second-order valence-electron chi connectivity index (χ2n) is 8.79. The fourth-order valence-electron chi connectivity index (χ4n) is 4.34. The summed E-state index contributed by atoms with van der Waals surface area (Å²) in [5.74, 6) is -6.15. The number of carboxylic acids is 1. The summed E-state index contributed by atoms with van der Waals surface area (Å²) in [6, 6.07) is 3.26. The molecule has 3 heterocycles. The zero-order chi connectivity index (χ0) is 28.3. The Morgan fingerprint density at radius 3 is 2.26 bits per heavy atom. The van der Waals surface area contributed by atoms with E-state index in [1.807, 2.05) is 0 Å². The largest absolute Gasteiger partial charge is 0.490 e. The molecule has 3 N–H and O–H groups in total. The van der Waals surface area contributed by atoms with Crippen molar-refractivity contribution in [3.05, 3.63) is 28.8 Å². The predicted molar refractivity (Wildman–Crippen MR) is 124 cm³/mol. The molecule has 4 rings (SSSR count). The molecule has 0 unspecified atom stereocenters. The number of imide groups is 1. The fourth-order valence-corrected chi connectivity index (χ4v) is 4.56. The van der Waals surface area contributed by atoms with Crippen LogP contribution in [0.1, 0.15) is 23.2 Å². The van der Waals surface area contributed by atoms with Crippen LogP contribution in [0, 0.1) is 0 Å². The SMILES string of the molecule is O=C(O)C(F)(F)F.O=C1CCN(c2cc(C(=O)N3CCN([C@H]4CCNCC4(F)F)CC3)ccc2Cl)C(=O)N1. The summed E-state index contributed by atoms with van der Waals surface area (Å²) >= 11 is 6.24. The van der Waals surface area contributed by atoms with Crippen LogP contribution < -0.4 is 15.5 Å². The van der Waals surface area contributed by atoms with Gasteiger partial charge in [0.2, 0.25) is 5.91 Å². The van der Waals surface area contributed by atoms with Crippen LogP contribution in [0.3, 0.4) is 0 Å². The Balaban J connectivity index is 0.000000505. The molecule has 3 aliphatic heterocycles. The monoisotopic (exact) mass is 569 g/mol. The maximum Gasteiger partial charge on any atom is 0.490 e. The second kappa shape index (κ2) is 11.8. The second-order valence-corrected chi connectivity index (χ2v) is 9.20. The normalized spacial score (nSPS) is 22.3. The summed E-state index contributed by atoms with van der Waals surface area (Å²) in [5, 5.41) is 12.4. The Bertz CT molecular complexity index is 1080. The number of urea groups is 1. The third-order valence-electron chi connectivity index (χ3n) is 6.27. The van der Waals surface area contributed by atoms with Crippen molar-refractivity contribution in [2.24, 2.45) is 0 Å². The lowest BCUT2D eigenvalue weighted by Crippen LogP contribution is -2.61. The van der Waals surface area contributed by atoms with Gasteiger partial charge in [-0.15, -0.1) is 0 Å². The number of nitrogens with zero attached hydrogens (tertiary/aromatic N) is 3. The molecule has 3 fully saturated rings. The number of piperazine rings is 1. The smallest absolute Gasteiger partial charge is 0.475 e. The van der Waals surface area contributed by atoms with Gasteiger partial charge >= 0.3 is 18.2 Å². The molecule has 0 radical (unpaired) electrons. The topological polar surface area (TPSA) is 122 Å². The maximum atomic E-state index is 14.2. The number of hydrogen-bond acceptors (Lipinski definition) is 6. The van der Waals surface area contributed by atoms with Crippen LogP contribution in [0.15, 0.2) is 18.2 Å². The molecule has 16 heteroatoms. The average molecular weight is 570 g/mol. The van der Waals surface area contributed by atoms with E-state index < -0.39 is 30.1 Å². The summed E-state index contributed by atoms with van der Waals surface area (Å²) in [4.78, 5) is 50.2. The van der Waals surface area contributed by atoms with Crippen LogP contribution in [-0.4, -0.2) is 103 Å². The number of benzene rings is 1. The molecule has 1 aromatic rings. The van der Waals surface area contributed by atoms with E-state index in [2.05, 4.69) is 10.6 Å². The highest BCUT2D eigenvalue weighted by molar-refractivity contribution is 6.34. The van der Waals surface area contributed by atoms with Gasteiger partial charge in [0.1, 0.15) is 0 Å². The zero-order valence-electron chi connectivity index (χ0n) is 19.9. The van der Waals surface area contributed by atoms with Crippen molar-refractivity contribution in [1.82, 2.24) is 20.4 Å². The van der Waals surface area contributed by atoms with Gasteiger partial charge in [-0.3, -0.25) is 24.7 Å². The number of nitrogens with one attached hydrogen (secondary N) is 2. The van der Waals surface area contributed by atoms with Gasteiger partial charge in [0, 0.05) is 44.7 Å². The van der Waals surface area contributed by atoms with Crippen molar-refractivity contribution in [2.75, 3.05) is 50.7 Å². The van der Waals surface area contributed by atoms with Gasteiger partial charge in [-0.25, -0.2) is 18.4 Å². The molecule has 0 saturated carbocycles. The van der Waals surface area contributed by atoms with E-state index in [0.717, 1.165) is 0 Å². The number of anilines is 1. The third-order valence-corrected chi connectivity index (χ3v) is 6.58. The Morgan fingerprint density at radius 2 is 1.71 bits per heavy atom. The minimum absolute atomic E-state index is 0.142. The van der Waals surface area contributed by atoms with Crippen LogP contribution in [-0.2, 0) is 9.59 Å². The molecule has 3 saturated heterocycles. The van der Waals surface area contributed by atoms with E-state index >= 15 is 0 Å². The van der Waals surface area contributed by atoms with E-state index in [0.29, 0.717) is 55.4 Å². The lowest BCUT2D eigenvalue weighted by atomic mass is 9.99. The highest BCUT2D eigenvalue weighted by Gasteiger charge is 2.45. The van der Waals surface area contributed by atoms with E-state index in [4.69, 9.17) is 21.5 Å². The van der Waals surface area contributed by atoms with Crippen molar-refractivity contribution in [2.45, 2.75) is 31.0 Å². The molecule has 0 aromatic heterocycles. The summed E-state index contributed by atoms with van der Waals surface area (Å²) in [6.45, 7) is 1.85. The summed E-state index contributed by atoms with van der Waals surface area (Å²) in [5.41, 5.74) is 0.704. The van der Waals surface area contributed by atoms with Gasteiger partial charge in [-0.2, -0.15) is 13.2 Å². The molecule has 0 bridgehead atoms. The molecule has 0 aliphatic carbocycles. The van der Waals surface area contributed by atoms with Crippen LogP contribution in [0.2, 0.25) is 5.02 Å². The van der Waals surface area contributed by atoms with Crippen molar-refractivity contribution in [1.29, 1.82) is 0 Å². The molecule has 38 heavy (non-hydrogen) atoms. The molecule has 210 valence electrons. The minimum atomic E-state index is -5.08. The lowest BCUT2D eigenvalue weighted by Gasteiger charge is -2.44. The van der Waals surface area contributed by atoms with Crippen molar-refractivity contribution < 1.29 is 46.2 Å². The van der Waals surface area contributed by atoms with Crippen LogP contribution in [0.25, 0.3) is 0 Å². The number of halogens is 6. The molecule has 1 aromatic carbocycles. The third kappa shape index (κ3) is 7.08. The van der Waals surface area contributed by atoms with E-state index in [1.54, 1.807) is 21.9 Å². The number of rotatable bonds is 3. The van der Waals surface area contributed by atoms with Crippen LogP contribution >= 0.6 is 11.6 Å². The van der Waals surface area contributed by atoms with Gasteiger partial charge in [-0.05, 0) is 31.2 Å². The number of amides is 4. The zero-order valence-corrected chi connectivity index (χ0v) is 20.6. The molecule has 1 atom stereocenters. The van der Waals surface area contributed by atoms with Crippen molar-refractivity contribution >= 4 is 41.1 Å². The highest BCUT2D eigenvalue weighted by Crippen LogP contribution is 2.31. The van der Waals surface area contributed by atoms with Gasteiger partial charge < -0.3 is 15.3 Å². The number of hydrogen-bond donors (Lipinski definition) is 3. The quantitative estimate of drug-likeness (QED) is 0.477. The van der Waals surface area contributed by atoms with Gasteiger partial charge in [-0.1, -0.05) is 11.6 Å². The Hall–Kier alpha value is -3.04. The van der Waals surface area contributed by atoms with Gasteiger partial charge in [0.25, 0.3) is 11.8 Å². The molecule has 4 amide bonds. The Labute approximate surface area is 218 Å². The number of aliphatic carboxylic acids is 1. The number of carbonyl (C=O) groups is 4. The van der Waals surface area contributed by atoms with Crippen molar-refractivity contribution in [3.63, 3.8) is 0 Å². The van der Waals surface area contributed by atoms with Crippen molar-refractivity contribution in [3.8, 4) is 0 Å². The number of piperidine rings is 1. The summed E-state index contributed by atoms with van der Waals surface area (Å²) < 4.78 is 60.2. The molecule has 10 nitrogen and oxygen atoms in total. The Kier molecular flexibility index (Phi) is 9.15. The molecule has 0 spiro atoms. The van der Waals surface area contributed by atoms with E-state index in [-0.39, 0.29) is 31.3 Å². The van der Waals surface area contributed by atoms with Crippen LogP contribution in [0.5, 0.6) is 0 Å². The predicted octanol–water partition coefficient (Wildman–Crippen LogP) is 2.17. The van der Waals surface area contributed by atoms with Gasteiger partial charge in [0.05, 0.1) is 23.3 Å². The first-order valence-corrected chi connectivity index (χ1v) is 11.9. The highest BCUT2D eigenvalue weighted by atomic mass is 35.5. The number of carboxylic acid groups (broad SMARTS) is 1. The maximum absolute atomic E-state index is 14.2. The fraction of sp³-hybridized carbons (Fsp3) is 0.545. The molecular formula is C22H25ClF5N5O5. The van der Waals surface area contributed by atoms with Crippen LogP contribution in [0.4, 0.5) is 32.4 Å². The first kappa shape index (κ1) is 29.5. The summed E-state index contributed by atoms with van der Waals surface area (Å²) in [7, 11) is 0. The van der Waals surface area contributed by atoms with Gasteiger partial charge in [0.15, 0.2) is 0 Å². The standard InChI is InChI=1S/C20H24ClF2N5O3.C2HF3O2/c21-14-2-1-13(11-15(14)28-6-4-17(29)25-19(28)31)18(30)27-9-7-26(8-10-27)16-3-5-24-12-20(16,22)23;3-2(4,5)1(6)7/h1-2,11,16,24H,3-10,12H2,(H,25,29,31);(H,6,7)/t16-;/m0./s1. The molecule has 3 aliphatic rings. The number of alkyl halides is 5. The first-order chi connectivity index (χ1) is 17.7. The lowest BCUT2D eigenvalue weighted by molar-refractivity contribution is -0.192. The molecular weight excluding hydrogens is 545 g/mol. The van der Waals surface area contributed by atoms with E-state index in [1.165, 1.54) is 11.0 Å². The first-order valence-electron chi connectivity index (χ1n) is 11.5. The Morgan fingerprint density at radius 1 is 1.08 bits per heavy atom. The van der Waals surface area contributed by atoms with E-state index in [9.17, 15) is 36.3 Å². The average Bonchev–Trinajstić information content (AvgIpc) is 2.84. The number of carbonyl (C=O) groups excluding carboxylic acids is 3. The summed E-state index contributed by atoms with van der Waals surface area (Å²) in [6.07, 6.45) is -4.56.